The van der Waals surface area contributed by atoms with Crippen LogP contribution in [0.15, 0.2) is 24.3 Å². The largest absolute Gasteiger partial charge is 0.478 e. The summed E-state index contributed by atoms with van der Waals surface area (Å²) in [6, 6.07) is 6.71. The van der Waals surface area contributed by atoms with Crippen LogP contribution in [0.1, 0.15) is 29.8 Å². The molecule has 0 bridgehead atoms. The van der Waals surface area contributed by atoms with E-state index in [-0.39, 0.29) is 17.5 Å². The smallest absolute Gasteiger partial charge is 0.335 e. The molecule has 0 radical (unpaired) electrons. The summed E-state index contributed by atoms with van der Waals surface area (Å²) in [7, 11) is 0. The molecule has 1 saturated heterocycles. The van der Waals surface area contributed by atoms with Gasteiger partial charge in [-0.2, -0.15) is 0 Å². The van der Waals surface area contributed by atoms with E-state index in [0.717, 1.165) is 25.2 Å². The fourth-order valence-electron chi connectivity index (χ4n) is 2.49. The average molecular weight is 276 g/mol. The van der Waals surface area contributed by atoms with E-state index in [4.69, 9.17) is 5.11 Å². The predicted molar refractivity (Wildman–Crippen MR) is 75.5 cm³/mol. The van der Waals surface area contributed by atoms with Crippen molar-refractivity contribution in [3.8, 4) is 0 Å². The molecule has 0 spiro atoms. The standard InChI is InChI=1S/C15H20N2O3/c1-3-16-8-9-17(11(2)14(16)18)10-12-4-6-13(7-5-12)15(19)20/h4-7,11H,3,8-10H2,1-2H3,(H,19,20). The van der Waals surface area contributed by atoms with Gasteiger partial charge in [-0.05, 0) is 31.5 Å². The third-order valence-corrected chi connectivity index (χ3v) is 3.84. The Balaban J connectivity index is 2.03. The van der Waals surface area contributed by atoms with Crippen LogP contribution in [0.25, 0.3) is 0 Å². The third-order valence-electron chi connectivity index (χ3n) is 3.84. The monoisotopic (exact) mass is 276 g/mol. The first kappa shape index (κ1) is 14.5. The topological polar surface area (TPSA) is 60.9 Å². The quantitative estimate of drug-likeness (QED) is 0.904. The number of rotatable bonds is 4. The molecule has 1 heterocycles. The summed E-state index contributed by atoms with van der Waals surface area (Å²) in [5.74, 6) is -0.752. The van der Waals surface area contributed by atoms with E-state index in [2.05, 4.69) is 4.90 Å². The van der Waals surface area contributed by atoms with Crippen LogP contribution < -0.4 is 0 Å². The predicted octanol–water partition coefficient (Wildman–Crippen LogP) is 1.44. The molecule has 1 aliphatic heterocycles. The molecule has 1 unspecified atom stereocenters. The Hall–Kier alpha value is -1.88. The SMILES string of the molecule is CCN1CCN(Cc2ccc(C(=O)O)cc2)C(C)C1=O. The van der Waals surface area contributed by atoms with Crippen LogP contribution in [0.3, 0.4) is 0 Å². The number of hydrogen-bond donors (Lipinski definition) is 1. The molecule has 108 valence electrons. The van der Waals surface area contributed by atoms with Crippen LogP contribution in [0.2, 0.25) is 0 Å². The van der Waals surface area contributed by atoms with Crippen molar-refractivity contribution in [2.75, 3.05) is 19.6 Å². The van der Waals surface area contributed by atoms with Crippen molar-refractivity contribution >= 4 is 11.9 Å². The van der Waals surface area contributed by atoms with Crippen molar-refractivity contribution in [3.63, 3.8) is 0 Å². The first-order valence-electron chi connectivity index (χ1n) is 6.88. The van der Waals surface area contributed by atoms with Crippen molar-refractivity contribution in [1.29, 1.82) is 0 Å². The summed E-state index contributed by atoms with van der Waals surface area (Å²) in [5, 5.41) is 8.87. The molecule has 2 rings (SSSR count). The molecule has 1 fully saturated rings. The molecular weight excluding hydrogens is 256 g/mol. The summed E-state index contributed by atoms with van der Waals surface area (Å²) in [4.78, 5) is 26.9. The zero-order chi connectivity index (χ0) is 14.7. The van der Waals surface area contributed by atoms with E-state index >= 15 is 0 Å². The van der Waals surface area contributed by atoms with Crippen LogP contribution in [-0.4, -0.2) is 52.5 Å². The normalized spacial score (nSPS) is 20.2. The van der Waals surface area contributed by atoms with E-state index in [1.54, 1.807) is 12.1 Å². The second-order valence-electron chi connectivity index (χ2n) is 5.07. The zero-order valence-corrected chi connectivity index (χ0v) is 11.9. The van der Waals surface area contributed by atoms with Crippen LogP contribution >= 0.6 is 0 Å². The lowest BCUT2D eigenvalue weighted by molar-refractivity contribution is -0.141. The second kappa shape index (κ2) is 6.05. The van der Waals surface area contributed by atoms with Gasteiger partial charge in [0.1, 0.15) is 0 Å². The Labute approximate surface area is 118 Å². The van der Waals surface area contributed by atoms with Gasteiger partial charge in [0.05, 0.1) is 11.6 Å². The van der Waals surface area contributed by atoms with E-state index < -0.39 is 5.97 Å². The van der Waals surface area contributed by atoms with Crippen LogP contribution in [0.5, 0.6) is 0 Å². The Morgan fingerprint density at radius 1 is 1.30 bits per heavy atom. The van der Waals surface area contributed by atoms with Crippen molar-refractivity contribution in [1.82, 2.24) is 9.80 Å². The summed E-state index contributed by atoms with van der Waals surface area (Å²) in [6.45, 7) is 6.95. The van der Waals surface area contributed by atoms with Crippen LogP contribution in [0, 0.1) is 0 Å². The van der Waals surface area contributed by atoms with Crippen molar-refractivity contribution in [2.24, 2.45) is 0 Å². The minimum Gasteiger partial charge on any atom is -0.478 e. The van der Waals surface area contributed by atoms with Gasteiger partial charge in [-0.1, -0.05) is 12.1 Å². The number of hydrogen-bond acceptors (Lipinski definition) is 3. The van der Waals surface area contributed by atoms with Gasteiger partial charge >= 0.3 is 5.97 Å². The molecule has 1 N–H and O–H groups in total. The maximum absolute atomic E-state index is 12.1. The number of carboxylic acids is 1. The second-order valence-corrected chi connectivity index (χ2v) is 5.07. The lowest BCUT2D eigenvalue weighted by Crippen LogP contribution is -2.55. The number of carbonyl (C=O) groups excluding carboxylic acids is 1. The van der Waals surface area contributed by atoms with Crippen molar-refractivity contribution in [2.45, 2.75) is 26.4 Å². The first-order valence-corrected chi connectivity index (χ1v) is 6.88. The Morgan fingerprint density at radius 2 is 1.95 bits per heavy atom. The van der Waals surface area contributed by atoms with Crippen LogP contribution in [-0.2, 0) is 11.3 Å². The Morgan fingerprint density at radius 3 is 2.50 bits per heavy atom. The van der Waals surface area contributed by atoms with Gasteiger partial charge in [0.15, 0.2) is 0 Å². The highest BCUT2D eigenvalue weighted by Crippen LogP contribution is 2.15. The van der Waals surface area contributed by atoms with Crippen LogP contribution in [0.4, 0.5) is 0 Å². The van der Waals surface area contributed by atoms with Crippen molar-refractivity contribution in [3.05, 3.63) is 35.4 Å². The molecule has 20 heavy (non-hydrogen) atoms. The number of carboxylic acid groups (broad SMARTS) is 1. The minimum absolute atomic E-state index is 0.122. The van der Waals surface area contributed by atoms with Gasteiger partial charge in [0, 0.05) is 26.2 Å². The highest BCUT2D eigenvalue weighted by Gasteiger charge is 2.30. The summed E-state index contributed by atoms with van der Waals surface area (Å²) in [6.07, 6.45) is 0. The number of likely N-dealkylation sites (N-methyl/N-ethyl adjacent to an activating group) is 1. The molecule has 1 amide bonds. The highest BCUT2D eigenvalue weighted by atomic mass is 16.4. The molecule has 0 saturated carbocycles. The summed E-state index contributed by atoms with van der Waals surface area (Å²) < 4.78 is 0. The van der Waals surface area contributed by atoms with Gasteiger partial charge in [-0.25, -0.2) is 4.79 Å². The Bertz CT molecular complexity index is 498. The van der Waals surface area contributed by atoms with Gasteiger partial charge in [-0.15, -0.1) is 0 Å². The molecule has 5 nitrogen and oxygen atoms in total. The lowest BCUT2D eigenvalue weighted by Gasteiger charge is -2.38. The van der Waals surface area contributed by atoms with Gasteiger partial charge < -0.3 is 10.0 Å². The van der Waals surface area contributed by atoms with E-state index in [1.165, 1.54) is 0 Å². The first-order chi connectivity index (χ1) is 9.52. The molecule has 0 aliphatic carbocycles. The maximum Gasteiger partial charge on any atom is 0.335 e. The molecular formula is C15H20N2O3. The number of aromatic carboxylic acids is 1. The van der Waals surface area contributed by atoms with E-state index in [0.29, 0.717) is 6.54 Å². The van der Waals surface area contributed by atoms with E-state index in [1.807, 2.05) is 30.9 Å². The third kappa shape index (κ3) is 2.99. The zero-order valence-electron chi connectivity index (χ0n) is 11.9. The molecule has 1 aliphatic rings. The minimum atomic E-state index is -0.920. The van der Waals surface area contributed by atoms with Gasteiger partial charge in [0.25, 0.3) is 0 Å². The maximum atomic E-state index is 12.1. The van der Waals surface area contributed by atoms with E-state index in [9.17, 15) is 9.59 Å². The fraction of sp³-hybridized carbons (Fsp3) is 0.467. The van der Waals surface area contributed by atoms with Crippen molar-refractivity contribution < 1.29 is 14.7 Å². The number of benzene rings is 1. The number of carbonyl (C=O) groups is 2. The van der Waals surface area contributed by atoms with Gasteiger partial charge in [-0.3, -0.25) is 9.69 Å². The Kier molecular flexibility index (Phi) is 4.39. The summed E-state index contributed by atoms with van der Waals surface area (Å²) in [5.41, 5.74) is 1.31. The molecule has 5 heteroatoms. The molecule has 0 aromatic heterocycles. The number of nitrogens with zero attached hydrogens (tertiary/aromatic N) is 2. The molecule has 1 aromatic carbocycles. The lowest BCUT2D eigenvalue weighted by atomic mass is 10.1. The number of piperazine rings is 1. The fourth-order valence-corrected chi connectivity index (χ4v) is 2.49. The molecule has 1 aromatic rings. The number of amides is 1. The highest BCUT2D eigenvalue weighted by molar-refractivity contribution is 5.87. The average Bonchev–Trinajstić information content (AvgIpc) is 2.45. The summed E-state index contributed by atoms with van der Waals surface area (Å²) >= 11 is 0. The van der Waals surface area contributed by atoms with Gasteiger partial charge in [0.2, 0.25) is 5.91 Å². The molecule has 1 atom stereocenters.